The standard InChI is InChI=1S/C14H17F3N2O2/c1-10-11(18-13(20)19-7-2-3-8-19)5-4-6-12(10)21-9-14(15,16)17/h4-6H,2-3,7-9H2,1H3,(H,18,20). The highest BCUT2D eigenvalue weighted by Gasteiger charge is 2.29. The van der Waals surface area contributed by atoms with Crippen LogP contribution in [0, 0.1) is 6.92 Å². The fourth-order valence-corrected chi connectivity index (χ4v) is 2.18. The van der Waals surface area contributed by atoms with Crippen LogP contribution >= 0.6 is 0 Å². The molecular formula is C14H17F3N2O2. The molecule has 7 heteroatoms. The molecule has 1 N–H and O–H groups in total. The second-order valence-corrected chi connectivity index (χ2v) is 4.96. The van der Waals surface area contributed by atoms with Crippen molar-refractivity contribution in [2.45, 2.75) is 25.9 Å². The number of rotatable bonds is 3. The summed E-state index contributed by atoms with van der Waals surface area (Å²) in [6.45, 7) is 1.67. The van der Waals surface area contributed by atoms with E-state index in [2.05, 4.69) is 5.32 Å². The summed E-state index contributed by atoms with van der Waals surface area (Å²) in [7, 11) is 0. The largest absolute Gasteiger partial charge is 0.484 e. The van der Waals surface area contributed by atoms with E-state index < -0.39 is 12.8 Å². The number of alkyl halides is 3. The molecule has 0 spiro atoms. The number of urea groups is 1. The molecule has 0 atom stereocenters. The molecule has 1 aliphatic heterocycles. The van der Waals surface area contributed by atoms with Gasteiger partial charge in [-0.15, -0.1) is 0 Å². The lowest BCUT2D eigenvalue weighted by Gasteiger charge is -2.18. The second-order valence-electron chi connectivity index (χ2n) is 4.96. The lowest BCUT2D eigenvalue weighted by atomic mass is 10.2. The Morgan fingerprint density at radius 2 is 2.00 bits per heavy atom. The van der Waals surface area contributed by atoms with Crippen molar-refractivity contribution < 1.29 is 22.7 Å². The number of ether oxygens (including phenoxy) is 1. The third kappa shape index (κ3) is 4.27. The smallest absolute Gasteiger partial charge is 0.422 e. The average Bonchev–Trinajstić information content (AvgIpc) is 2.92. The fraction of sp³-hybridized carbons (Fsp3) is 0.500. The Labute approximate surface area is 120 Å². The minimum absolute atomic E-state index is 0.117. The van der Waals surface area contributed by atoms with Crippen molar-refractivity contribution in [3.63, 3.8) is 0 Å². The lowest BCUT2D eigenvalue weighted by molar-refractivity contribution is -0.153. The van der Waals surface area contributed by atoms with E-state index in [4.69, 9.17) is 4.74 Å². The van der Waals surface area contributed by atoms with E-state index in [9.17, 15) is 18.0 Å². The van der Waals surface area contributed by atoms with Crippen LogP contribution in [0.5, 0.6) is 5.75 Å². The predicted molar refractivity (Wildman–Crippen MR) is 72.6 cm³/mol. The molecule has 1 fully saturated rings. The number of benzene rings is 1. The van der Waals surface area contributed by atoms with E-state index in [1.54, 1.807) is 24.0 Å². The molecular weight excluding hydrogens is 285 g/mol. The Kier molecular flexibility index (Phi) is 4.59. The number of halogens is 3. The molecule has 0 saturated carbocycles. The molecule has 0 aliphatic carbocycles. The highest BCUT2D eigenvalue weighted by Crippen LogP contribution is 2.27. The van der Waals surface area contributed by atoms with Crippen LogP contribution in [-0.4, -0.2) is 36.8 Å². The first-order chi connectivity index (χ1) is 9.87. The van der Waals surface area contributed by atoms with Crippen molar-refractivity contribution in [1.29, 1.82) is 0 Å². The van der Waals surface area contributed by atoms with E-state index in [1.807, 2.05) is 0 Å². The summed E-state index contributed by atoms with van der Waals surface area (Å²) >= 11 is 0. The van der Waals surface area contributed by atoms with Crippen LogP contribution in [0.1, 0.15) is 18.4 Å². The van der Waals surface area contributed by atoms with Gasteiger partial charge in [0, 0.05) is 24.3 Å². The summed E-state index contributed by atoms with van der Waals surface area (Å²) in [4.78, 5) is 13.7. The zero-order valence-electron chi connectivity index (χ0n) is 11.7. The minimum Gasteiger partial charge on any atom is -0.484 e. The van der Waals surface area contributed by atoms with E-state index in [0.29, 0.717) is 24.3 Å². The number of carbonyl (C=O) groups is 1. The second kappa shape index (κ2) is 6.24. The predicted octanol–water partition coefficient (Wildman–Crippen LogP) is 3.56. The normalized spacial score (nSPS) is 15.1. The summed E-state index contributed by atoms with van der Waals surface area (Å²) in [6, 6.07) is 4.41. The maximum Gasteiger partial charge on any atom is 0.422 e. The SMILES string of the molecule is Cc1c(NC(=O)N2CCCC2)cccc1OCC(F)(F)F. The van der Waals surface area contributed by atoms with Crippen LogP contribution < -0.4 is 10.1 Å². The molecule has 1 aliphatic rings. The summed E-state index contributed by atoms with van der Waals surface area (Å²) in [5, 5.41) is 2.72. The van der Waals surface area contributed by atoms with Gasteiger partial charge in [0.15, 0.2) is 6.61 Å². The van der Waals surface area contributed by atoms with Crippen LogP contribution in [0.4, 0.5) is 23.7 Å². The van der Waals surface area contributed by atoms with Crippen LogP contribution in [0.25, 0.3) is 0 Å². The number of nitrogens with zero attached hydrogens (tertiary/aromatic N) is 1. The van der Waals surface area contributed by atoms with Crippen molar-refractivity contribution >= 4 is 11.7 Å². The molecule has 0 unspecified atom stereocenters. The first-order valence-corrected chi connectivity index (χ1v) is 6.72. The van der Waals surface area contributed by atoms with Gasteiger partial charge in [-0.25, -0.2) is 4.79 Å². The molecule has 0 bridgehead atoms. The summed E-state index contributed by atoms with van der Waals surface area (Å²) in [6.07, 6.45) is -2.44. The van der Waals surface area contributed by atoms with Gasteiger partial charge in [0.25, 0.3) is 0 Å². The number of amides is 2. The third-order valence-electron chi connectivity index (χ3n) is 3.31. The van der Waals surface area contributed by atoms with E-state index in [1.165, 1.54) is 6.07 Å². The van der Waals surface area contributed by atoms with Crippen molar-refractivity contribution in [2.24, 2.45) is 0 Å². The molecule has 116 valence electrons. The fourth-order valence-electron chi connectivity index (χ4n) is 2.18. The van der Waals surface area contributed by atoms with Gasteiger partial charge in [0.05, 0.1) is 0 Å². The molecule has 0 aromatic heterocycles. The Bertz CT molecular complexity index is 511. The van der Waals surface area contributed by atoms with Crippen molar-refractivity contribution in [2.75, 3.05) is 25.0 Å². The number of carbonyl (C=O) groups excluding carboxylic acids is 1. The van der Waals surface area contributed by atoms with Gasteiger partial charge in [-0.2, -0.15) is 13.2 Å². The van der Waals surface area contributed by atoms with Gasteiger partial charge >= 0.3 is 12.2 Å². The molecule has 0 radical (unpaired) electrons. The highest BCUT2D eigenvalue weighted by atomic mass is 19.4. The van der Waals surface area contributed by atoms with Gasteiger partial charge < -0.3 is 15.0 Å². The van der Waals surface area contributed by atoms with E-state index >= 15 is 0 Å². The zero-order valence-corrected chi connectivity index (χ0v) is 11.7. The first-order valence-electron chi connectivity index (χ1n) is 6.72. The first kappa shape index (κ1) is 15.5. The van der Waals surface area contributed by atoms with E-state index in [0.717, 1.165) is 12.8 Å². The molecule has 1 heterocycles. The Balaban J connectivity index is 2.04. The maximum atomic E-state index is 12.2. The monoisotopic (exact) mass is 302 g/mol. The lowest BCUT2D eigenvalue weighted by Crippen LogP contribution is -2.32. The summed E-state index contributed by atoms with van der Waals surface area (Å²) < 4.78 is 41.3. The third-order valence-corrected chi connectivity index (χ3v) is 3.31. The van der Waals surface area contributed by atoms with Crippen LogP contribution in [0.3, 0.4) is 0 Å². The molecule has 1 aromatic rings. The Hall–Kier alpha value is -1.92. The average molecular weight is 302 g/mol. The topological polar surface area (TPSA) is 41.6 Å². The number of hydrogen-bond donors (Lipinski definition) is 1. The van der Waals surface area contributed by atoms with Crippen LogP contribution in [0.15, 0.2) is 18.2 Å². The summed E-state index contributed by atoms with van der Waals surface area (Å²) in [5.74, 6) is 0.117. The number of anilines is 1. The summed E-state index contributed by atoms with van der Waals surface area (Å²) in [5.41, 5.74) is 0.945. The molecule has 2 amide bonds. The van der Waals surface area contributed by atoms with Gasteiger partial charge in [-0.1, -0.05) is 6.07 Å². The van der Waals surface area contributed by atoms with Gasteiger partial charge in [-0.05, 0) is 31.9 Å². The van der Waals surface area contributed by atoms with Crippen LogP contribution in [0.2, 0.25) is 0 Å². The molecule has 2 rings (SSSR count). The molecule has 1 saturated heterocycles. The van der Waals surface area contributed by atoms with Crippen molar-refractivity contribution in [3.05, 3.63) is 23.8 Å². The maximum absolute atomic E-state index is 12.2. The van der Waals surface area contributed by atoms with E-state index in [-0.39, 0.29) is 11.8 Å². The van der Waals surface area contributed by atoms with Gasteiger partial charge in [0.1, 0.15) is 5.75 Å². The van der Waals surface area contributed by atoms with Gasteiger partial charge in [-0.3, -0.25) is 0 Å². The molecule has 4 nitrogen and oxygen atoms in total. The quantitative estimate of drug-likeness (QED) is 0.927. The minimum atomic E-state index is -4.39. The van der Waals surface area contributed by atoms with Crippen molar-refractivity contribution in [1.82, 2.24) is 4.90 Å². The number of nitrogens with one attached hydrogen (secondary N) is 1. The number of hydrogen-bond acceptors (Lipinski definition) is 2. The zero-order chi connectivity index (χ0) is 15.5. The highest BCUT2D eigenvalue weighted by molar-refractivity contribution is 5.90. The van der Waals surface area contributed by atoms with Crippen LogP contribution in [-0.2, 0) is 0 Å². The molecule has 1 aromatic carbocycles. The van der Waals surface area contributed by atoms with Crippen molar-refractivity contribution in [3.8, 4) is 5.75 Å². The molecule has 21 heavy (non-hydrogen) atoms. The number of likely N-dealkylation sites (tertiary alicyclic amines) is 1. The van der Waals surface area contributed by atoms with Gasteiger partial charge in [0.2, 0.25) is 0 Å². The Morgan fingerprint density at radius 3 is 2.62 bits per heavy atom. The Morgan fingerprint density at radius 1 is 1.33 bits per heavy atom.